The van der Waals surface area contributed by atoms with Gasteiger partial charge in [-0.15, -0.1) is 0 Å². The Hall–Kier alpha value is -2.52. The van der Waals surface area contributed by atoms with Crippen LogP contribution in [-0.2, 0) is 19.0 Å². The number of nitrogens with one attached hydrogen (secondary N) is 1. The standard InChI is InChI=1S/C32H53NO8/c1-20(2)23(29(34)22-13-14-26(38-9)28(17-22)39-16-12-10-11-15-37-8)18-25(33-31(36)41-32(5,6)7)27-19-24(21(3)4)30(35)40-27/h13-14,17,20-21,23-25,27,29,34H,10-12,15-16,18-19H2,1-9H3,(H,33,36)/t23-,24?,25-,27-,29?/m0/s1. The highest BCUT2D eigenvalue weighted by Gasteiger charge is 2.43. The van der Waals surface area contributed by atoms with Crippen molar-refractivity contribution in [3.05, 3.63) is 23.8 Å². The maximum atomic E-state index is 12.8. The Labute approximate surface area is 246 Å². The Bertz CT molecular complexity index is 958. The zero-order chi connectivity index (χ0) is 30.7. The molecule has 41 heavy (non-hydrogen) atoms. The number of benzene rings is 1. The fourth-order valence-electron chi connectivity index (χ4n) is 5.19. The average Bonchev–Trinajstić information content (AvgIpc) is 3.28. The first-order chi connectivity index (χ1) is 19.3. The van der Waals surface area contributed by atoms with Crippen molar-refractivity contribution >= 4 is 12.1 Å². The summed E-state index contributed by atoms with van der Waals surface area (Å²) < 4.78 is 28.0. The number of amides is 1. The number of unbranched alkanes of at least 4 members (excludes halogenated alkanes) is 2. The molecule has 9 heteroatoms. The lowest BCUT2D eigenvalue weighted by atomic mass is 9.80. The van der Waals surface area contributed by atoms with Gasteiger partial charge in [0.15, 0.2) is 11.5 Å². The number of methoxy groups -OCH3 is 2. The van der Waals surface area contributed by atoms with Gasteiger partial charge in [0.2, 0.25) is 0 Å². The number of aliphatic hydroxyl groups excluding tert-OH is 1. The van der Waals surface area contributed by atoms with Gasteiger partial charge in [-0.05, 0) is 88.3 Å². The highest BCUT2D eigenvalue weighted by Crippen LogP contribution is 2.39. The van der Waals surface area contributed by atoms with Crippen molar-refractivity contribution in [2.24, 2.45) is 23.7 Å². The normalized spacial score (nSPS) is 19.6. The maximum absolute atomic E-state index is 12.8. The van der Waals surface area contributed by atoms with Crippen LogP contribution >= 0.6 is 0 Å². The third kappa shape index (κ3) is 11.0. The fourth-order valence-corrected chi connectivity index (χ4v) is 5.19. The summed E-state index contributed by atoms with van der Waals surface area (Å²) in [6.45, 7) is 14.7. The molecule has 1 saturated heterocycles. The Morgan fingerprint density at radius 3 is 2.32 bits per heavy atom. The molecule has 9 nitrogen and oxygen atoms in total. The first-order valence-electron chi connectivity index (χ1n) is 14.9. The van der Waals surface area contributed by atoms with E-state index in [9.17, 15) is 14.7 Å². The van der Waals surface area contributed by atoms with Crippen LogP contribution < -0.4 is 14.8 Å². The zero-order valence-electron chi connectivity index (χ0n) is 26.5. The third-order valence-corrected chi connectivity index (χ3v) is 7.58. The smallest absolute Gasteiger partial charge is 0.408 e. The Balaban J connectivity index is 2.26. The van der Waals surface area contributed by atoms with Gasteiger partial charge < -0.3 is 34.1 Å². The molecule has 0 aromatic heterocycles. The summed E-state index contributed by atoms with van der Waals surface area (Å²) in [7, 11) is 3.29. The van der Waals surface area contributed by atoms with Crippen molar-refractivity contribution in [2.45, 2.75) is 104 Å². The maximum Gasteiger partial charge on any atom is 0.408 e. The third-order valence-electron chi connectivity index (χ3n) is 7.58. The van der Waals surface area contributed by atoms with Crippen molar-refractivity contribution in [2.75, 3.05) is 27.4 Å². The highest BCUT2D eigenvalue weighted by atomic mass is 16.6. The van der Waals surface area contributed by atoms with Crippen LogP contribution in [0.3, 0.4) is 0 Å². The molecule has 1 aliphatic rings. The summed E-state index contributed by atoms with van der Waals surface area (Å²) >= 11 is 0. The molecule has 1 aromatic carbocycles. The van der Waals surface area contributed by atoms with Gasteiger partial charge in [0.1, 0.15) is 11.7 Å². The number of cyclic esters (lactones) is 1. The number of esters is 1. The predicted octanol–water partition coefficient (Wildman–Crippen LogP) is 6.07. The van der Waals surface area contributed by atoms with Crippen LogP contribution in [0.25, 0.3) is 0 Å². The predicted molar refractivity (Wildman–Crippen MR) is 158 cm³/mol. The first-order valence-corrected chi connectivity index (χ1v) is 14.9. The van der Waals surface area contributed by atoms with E-state index >= 15 is 0 Å². The van der Waals surface area contributed by atoms with Gasteiger partial charge in [0, 0.05) is 13.7 Å². The Morgan fingerprint density at radius 2 is 1.76 bits per heavy atom. The molecule has 1 fully saturated rings. The second-order valence-corrected chi connectivity index (χ2v) is 12.7. The summed E-state index contributed by atoms with van der Waals surface area (Å²) in [6, 6.07) is 4.94. The summed E-state index contributed by atoms with van der Waals surface area (Å²) in [5.74, 6) is 0.606. The van der Waals surface area contributed by atoms with Crippen LogP contribution in [0.15, 0.2) is 18.2 Å². The highest BCUT2D eigenvalue weighted by molar-refractivity contribution is 5.75. The molecule has 1 aromatic rings. The molecule has 1 aliphatic heterocycles. The molecule has 2 unspecified atom stereocenters. The SMILES string of the molecule is COCCCCCOc1cc(C(O)[C@@H](C[C@H](NC(=O)OC(C)(C)C)[C@@H]2CC(C(C)C)C(=O)O2)C(C)C)ccc1OC. The molecule has 2 N–H and O–H groups in total. The molecule has 0 radical (unpaired) electrons. The molecule has 0 bridgehead atoms. The lowest BCUT2D eigenvalue weighted by Crippen LogP contribution is -2.47. The number of alkyl carbamates (subject to hydrolysis) is 1. The van der Waals surface area contributed by atoms with Crippen molar-refractivity contribution in [1.29, 1.82) is 0 Å². The molecule has 0 saturated carbocycles. The molecule has 1 amide bonds. The summed E-state index contributed by atoms with van der Waals surface area (Å²) in [5, 5.41) is 14.6. The van der Waals surface area contributed by atoms with Crippen LogP contribution in [0.1, 0.15) is 92.2 Å². The zero-order valence-corrected chi connectivity index (χ0v) is 26.5. The van der Waals surface area contributed by atoms with Gasteiger partial charge in [-0.2, -0.15) is 0 Å². The van der Waals surface area contributed by atoms with Crippen LogP contribution in [0.4, 0.5) is 4.79 Å². The monoisotopic (exact) mass is 579 g/mol. The van der Waals surface area contributed by atoms with Crippen molar-refractivity contribution in [1.82, 2.24) is 5.32 Å². The molecule has 0 spiro atoms. The number of aliphatic hydroxyl groups is 1. The number of hydrogen-bond donors (Lipinski definition) is 2. The molecular formula is C32H53NO8. The number of rotatable bonds is 16. The second-order valence-electron chi connectivity index (χ2n) is 12.7. The van der Waals surface area contributed by atoms with Gasteiger partial charge in [0.25, 0.3) is 0 Å². The van der Waals surface area contributed by atoms with Crippen LogP contribution in [0, 0.1) is 23.7 Å². The van der Waals surface area contributed by atoms with E-state index in [1.54, 1.807) is 41.1 Å². The minimum Gasteiger partial charge on any atom is -0.493 e. The van der Waals surface area contributed by atoms with E-state index in [4.69, 9.17) is 23.7 Å². The molecule has 0 aliphatic carbocycles. The summed E-state index contributed by atoms with van der Waals surface area (Å²) in [4.78, 5) is 25.5. The van der Waals surface area contributed by atoms with Crippen LogP contribution in [-0.4, -0.2) is 62.3 Å². The van der Waals surface area contributed by atoms with Gasteiger partial charge in [-0.1, -0.05) is 33.8 Å². The average molecular weight is 580 g/mol. The van der Waals surface area contributed by atoms with E-state index in [0.717, 1.165) is 25.9 Å². The van der Waals surface area contributed by atoms with Gasteiger partial charge in [-0.25, -0.2) is 4.79 Å². The largest absolute Gasteiger partial charge is 0.493 e. The van der Waals surface area contributed by atoms with E-state index in [1.807, 2.05) is 39.8 Å². The Kier molecular flexibility index (Phi) is 13.7. The van der Waals surface area contributed by atoms with Crippen molar-refractivity contribution in [3.63, 3.8) is 0 Å². The van der Waals surface area contributed by atoms with Crippen LogP contribution in [0.2, 0.25) is 0 Å². The second kappa shape index (κ2) is 16.2. The van der Waals surface area contributed by atoms with E-state index in [0.29, 0.717) is 36.5 Å². The topological polar surface area (TPSA) is 113 Å². The summed E-state index contributed by atoms with van der Waals surface area (Å²) in [6.07, 6.45) is 1.79. The summed E-state index contributed by atoms with van der Waals surface area (Å²) in [5.41, 5.74) is 0.0141. The van der Waals surface area contributed by atoms with Crippen LogP contribution in [0.5, 0.6) is 11.5 Å². The minimum atomic E-state index is -0.856. The molecule has 5 atom stereocenters. The lowest BCUT2D eigenvalue weighted by Gasteiger charge is -2.33. The van der Waals surface area contributed by atoms with Crippen molar-refractivity contribution < 1.29 is 38.4 Å². The van der Waals surface area contributed by atoms with Gasteiger partial charge >= 0.3 is 12.1 Å². The van der Waals surface area contributed by atoms with Gasteiger partial charge in [0.05, 0.1) is 31.8 Å². The fraction of sp³-hybridized carbons (Fsp3) is 0.750. The quantitative estimate of drug-likeness (QED) is 0.179. The molecule has 2 rings (SSSR count). The lowest BCUT2D eigenvalue weighted by molar-refractivity contribution is -0.146. The number of carbonyl (C=O) groups is 2. The first kappa shape index (κ1) is 34.7. The van der Waals surface area contributed by atoms with Gasteiger partial charge in [-0.3, -0.25) is 4.79 Å². The van der Waals surface area contributed by atoms with Crippen molar-refractivity contribution in [3.8, 4) is 11.5 Å². The molecule has 234 valence electrons. The van der Waals surface area contributed by atoms with E-state index in [1.165, 1.54) is 0 Å². The number of hydrogen-bond acceptors (Lipinski definition) is 8. The number of ether oxygens (including phenoxy) is 5. The Morgan fingerprint density at radius 1 is 1.07 bits per heavy atom. The minimum absolute atomic E-state index is 0.0539. The van der Waals surface area contributed by atoms with E-state index < -0.39 is 29.9 Å². The molecular weight excluding hydrogens is 526 g/mol. The molecule has 1 heterocycles. The van der Waals surface area contributed by atoms with E-state index in [-0.39, 0.29) is 29.6 Å². The van der Waals surface area contributed by atoms with E-state index in [2.05, 4.69) is 5.32 Å². The number of carbonyl (C=O) groups excluding carboxylic acids is 2.